The van der Waals surface area contributed by atoms with Crippen LogP contribution in [-0.4, -0.2) is 18.9 Å². The third-order valence-corrected chi connectivity index (χ3v) is 12.8. The molecule has 0 fully saturated rings. The maximum atomic E-state index is 5.25. The van der Waals surface area contributed by atoms with E-state index in [4.69, 9.17) is 9.97 Å². The number of benzene rings is 8. The van der Waals surface area contributed by atoms with Crippen LogP contribution in [0.2, 0.25) is 0 Å². The average molecular weight is 717 g/mol. The molecular weight excluding hydrogens is 689 g/mol. The smallest absolute Gasteiger partial charge is 0.160 e. The predicted octanol–water partition coefficient (Wildman–Crippen LogP) is 13.6. The third kappa shape index (κ3) is 3.89. The van der Waals surface area contributed by atoms with Crippen molar-refractivity contribution in [2.75, 3.05) is 0 Å². The number of hydrogen-bond acceptors (Lipinski definition) is 3. The molecule has 0 amide bonds. The Labute approximate surface area is 318 Å². The largest absolute Gasteiger partial charge is 0.309 e. The minimum atomic E-state index is 0.732. The Kier molecular flexibility index (Phi) is 5.74. The van der Waals surface area contributed by atoms with E-state index in [0.717, 1.165) is 38.5 Å². The minimum Gasteiger partial charge on any atom is -0.309 e. The van der Waals surface area contributed by atoms with E-state index < -0.39 is 0 Å². The van der Waals surface area contributed by atoms with E-state index >= 15 is 0 Å². The molecule has 0 radical (unpaired) electrons. The van der Waals surface area contributed by atoms with E-state index in [1.54, 1.807) is 11.3 Å². The number of fused-ring (bicyclic) bond motifs is 15. The Bertz CT molecular complexity index is 3700. The normalized spacial score (nSPS) is 12.4. The van der Waals surface area contributed by atoms with Gasteiger partial charge in [0.1, 0.15) is 0 Å². The standard InChI is InChI=1S/C50H28N4S/c1-2-13-30(14-3-1)45-49-46(36-18-8-11-21-42(36)55-49)52-50(51-45)31-22-25-32(26-23-31)53-40-20-10-7-17-35(40)43-41(53)28-38-34-16-6-9-19-39(34)54-47-33-15-5-4-12-29(33)24-27-37(47)44(43)48(38)54/h1-28H. The van der Waals surface area contributed by atoms with Gasteiger partial charge >= 0.3 is 0 Å². The highest BCUT2D eigenvalue weighted by atomic mass is 32.1. The predicted molar refractivity (Wildman–Crippen MR) is 232 cm³/mol. The molecule has 0 spiro atoms. The fourth-order valence-corrected chi connectivity index (χ4v) is 10.5. The first-order chi connectivity index (χ1) is 27.3. The quantitative estimate of drug-likeness (QED) is 0.182. The minimum absolute atomic E-state index is 0.732. The van der Waals surface area contributed by atoms with Gasteiger partial charge in [0, 0.05) is 64.6 Å². The van der Waals surface area contributed by atoms with Gasteiger partial charge in [0.2, 0.25) is 0 Å². The second kappa shape index (κ2) is 10.8. The van der Waals surface area contributed by atoms with E-state index in [9.17, 15) is 0 Å². The number of para-hydroxylation sites is 2. The molecule has 4 nitrogen and oxygen atoms in total. The van der Waals surface area contributed by atoms with Crippen molar-refractivity contribution in [1.82, 2.24) is 18.9 Å². The van der Waals surface area contributed by atoms with E-state index in [-0.39, 0.29) is 0 Å². The maximum absolute atomic E-state index is 5.25. The summed E-state index contributed by atoms with van der Waals surface area (Å²) >= 11 is 1.76. The maximum Gasteiger partial charge on any atom is 0.160 e. The molecule has 55 heavy (non-hydrogen) atoms. The summed E-state index contributed by atoms with van der Waals surface area (Å²) in [6, 6.07) is 61.5. The number of aromatic nitrogens is 4. The SMILES string of the molecule is c1ccc(-c2nc(-c3ccc(-n4c5ccccc5c5c6c7ccc8ccccc8c7n7c8ccccc8c(cc54)c67)cc3)nc3c2sc2ccccc23)cc1. The monoisotopic (exact) mass is 716 g/mol. The summed E-state index contributed by atoms with van der Waals surface area (Å²) in [6.07, 6.45) is 0. The Balaban J connectivity index is 1.08. The second-order valence-electron chi connectivity index (χ2n) is 14.5. The van der Waals surface area contributed by atoms with Gasteiger partial charge in [-0.3, -0.25) is 0 Å². The zero-order chi connectivity index (χ0) is 35.8. The van der Waals surface area contributed by atoms with Crippen LogP contribution >= 0.6 is 11.3 Å². The molecule has 13 rings (SSSR count). The first-order valence-corrected chi connectivity index (χ1v) is 19.5. The Hall–Kier alpha value is -7.08. The van der Waals surface area contributed by atoms with Crippen molar-refractivity contribution in [2.24, 2.45) is 0 Å². The number of nitrogens with zero attached hydrogens (tertiary/aromatic N) is 4. The third-order valence-electron chi connectivity index (χ3n) is 11.6. The van der Waals surface area contributed by atoms with Crippen LogP contribution in [0.3, 0.4) is 0 Å². The molecule has 5 heteroatoms. The van der Waals surface area contributed by atoms with Gasteiger partial charge in [0.25, 0.3) is 0 Å². The van der Waals surface area contributed by atoms with Crippen molar-refractivity contribution in [3.8, 4) is 28.3 Å². The summed E-state index contributed by atoms with van der Waals surface area (Å²) in [4.78, 5) is 10.5. The van der Waals surface area contributed by atoms with Crippen LogP contribution in [-0.2, 0) is 0 Å². The fraction of sp³-hybridized carbons (Fsp3) is 0. The first kappa shape index (κ1) is 29.4. The summed E-state index contributed by atoms with van der Waals surface area (Å²) in [7, 11) is 0. The van der Waals surface area contributed by atoms with Gasteiger partial charge in [-0.2, -0.15) is 0 Å². The number of thiophene rings is 1. The first-order valence-electron chi connectivity index (χ1n) is 18.7. The van der Waals surface area contributed by atoms with E-state index in [2.05, 4.69) is 179 Å². The molecule has 0 aliphatic carbocycles. The van der Waals surface area contributed by atoms with E-state index in [1.165, 1.54) is 80.8 Å². The van der Waals surface area contributed by atoms with Crippen LogP contribution in [0, 0.1) is 0 Å². The number of rotatable bonds is 3. The molecular formula is C50H28N4S. The lowest BCUT2D eigenvalue weighted by Gasteiger charge is -2.10. The van der Waals surface area contributed by atoms with Crippen molar-refractivity contribution in [3.63, 3.8) is 0 Å². The van der Waals surface area contributed by atoms with Crippen LogP contribution in [0.15, 0.2) is 170 Å². The molecule has 0 saturated carbocycles. The molecule has 0 bridgehead atoms. The molecule has 0 saturated heterocycles. The summed E-state index contributed by atoms with van der Waals surface area (Å²) in [6.45, 7) is 0. The van der Waals surface area contributed by atoms with E-state index in [0.29, 0.717) is 0 Å². The Morgan fingerprint density at radius 2 is 1.15 bits per heavy atom. The highest BCUT2D eigenvalue weighted by Gasteiger charge is 2.25. The molecule has 254 valence electrons. The van der Waals surface area contributed by atoms with Gasteiger partial charge < -0.3 is 8.97 Å². The van der Waals surface area contributed by atoms with E-state index in [1.807, 2.05) is 0 Å². The zero-order valence-electron chi connectivity index (χ0n) is 29.4. The Morgan fingerprint density at radius 1 is 0.436 bits per heavy atom. The zero-order valence-corrected chi connectivity index (χ0v) is 30.2. The van der Waals surface area contributed by atoms with Crippen molar-refractivity contribution in [3.05, 3.63) is 170 Å². The highest BCUT2D eigenvalue weighted by Crippen LogP contribution is 2.48. The molecule has 0 atom stereocenters. The van der Waals surface area contributed by atoms with Gasteiger partial charge in [-0.15, -0.1) is 11.3 Å². The lowest BCUT2D eigenvalue weighted by atomic mass is 10.00. The van der Waals surface area contributed by atoms with Crippen LogP contribution in [0.1, 0.15) is 0 Å². The molecule has 0 unspecified atom stereocenters. The van der Waals surface area contributed by atoms with Gasteiger partial charge in [-0.25, -0.2) is 9.97 Å². The van der Waals surface area contributed by atoms with Crippen LogP contribution in [0.4, 0.5) is 0 Å². The summed E-state index contributed by atoms with van der Waals surface area (Å²) < 4.78 is 7.31. The van der Waals surface area contributed by atoms with Crippen LogP contribution < -0.4 is 0 Å². The van der Waals surface area contributed by atoms with Crippen LogP contribution in [0.25, 0.3) is 119 Å². The Morgan fingerprint density at radius 3 is 2.00 bits per heavy atom. The van der Waals surface area contributed by atoms with Crippen LogP contribution in [0.5, 0.6) is 0 Å². The fourth-order valence-electron chi connectivity index (χ4n) is 9.31. The molecule has 8 aromatic carbocycles. The summed E-state index contributed by atoms with van der Waals surface area (Å²) in [5.74, 6) is 0.732. The molecule has 0 aliphatic rings. The second-order valence-corrected chi connectivity index (χ2v) is 15.6. The highest BCUT2D eigenvalue weighted by molar-refractivity contribution is 7.26. The summed E-state index contributed by atoms with van der Waals surface area (Å²) in [5.41, 5.74) is 11.4. The van der Waals surface area contributed by atoms with Gasteiger partial charge in [0.15, 0.2) is 5.82 Å². The topological polar surface area (TPSA) is 35.1 Å². The average Bonchev–Trinajstić information content (AvgIpc) is 3.99. The summed E-state index contributed by atoms with van der Waals surface area (Å²) in [5, 5.41) is 11.4. The molecule has 5 aromatic heterocycles. The van der Waals surface area contributed by atoms with Gasteiger partial charge in [0.05, 0.1) is 43.5 Å². The van der Waals surface area contributed by atoms with Crippen molar-refractivity contribution >= 4 is 102 Å². The van der Waals surface area contributed by atoms with Gasteiger partial charge in [-0.05, 0) is 53.9 Å². The van der Waals surface area contributed by atoms with Gasteiger partial charge in [-0.1, -0.05) is 121 Å². The lowest BCUT2D eigenvalue weighted by Crippen LogP contribution is -1.96. The molecule has 13 aromatic rings. The molecule has 0 aliphatic heterocycles. The molecule has 5 heterocycles. The lowest BCUT2D eigenvalue weighted by molar-refractivity contribution is 1.18. The van der Waals surface area contributed by atoms with Crippen molar-refractivity contribution < 1.29 is 0 Å². The van der Waals surface area contributed by atoms with Crippen molar-refractivity contribution in [1.29, 1.82) is 0 Å². The molecule has 0 N–H and O–H groups in total. The van der Waals surface area contributed by atoms with Crippen molar-refractivity contribution in [2.45, 2.75) is 0 Å². The number of hydrogen-bond donors (Lipinski definition) is 0.